The number of carbonyl (C=O) groups is 1. The van der Waals surface area contributed by atoms with E-state index in [0.717, 1.165) is 9.58 Å². The zero-order valence-corrected chi connectivity index (χ0v) is 15.3. The predicted molar refractivity (Wildman–Crippen MR) is 100 cm³/mol. The zero-order chi connectivity index (χ0) is 17.6. The molecule has 0 fully saturated rings. The third kappa shape index (κ3) is 4.31. The first-order valence-electron chi connectivity index (χ1n) is 7.85. The Kier molecular flexibility index (Phi) is 5.91. The van der Waals surface area contributed by atoms with Crippen LogP contribution in [-0.4, -0.2) is 23.7 Å². The van der Waals surface area contributed by atoms with Crippen molar-refractivity contribution in [1.29, 1.82) is 0 Å². The number of rotatable bonds is 6. The van der Waals surface area contributed by atoms with Gasteiger partial charge < -0.3 is 9.30 Å². The molecule has 0 aliphatic rings. The van der Waals surface area contributed by atoms with Gasteiger partial charge in [0.2, 0.25) is 0 Å². The number of hydrogen-bond acceptors (Lipinski definition) is 4. The quantitative estimate of drug-likeness (QED) is 0.481. The Labute approximate surface area is 152 Å². The van der Waals surface area contributed by atoms with Crippen LogP contribution in [0, 0.1) is 5.82 Å². The maximum absolute atomic E-state index is 14.2. The van der Waals surface area contributed by atoms with Crippen molar-refractivity contribution in [2.75, 3.05) is 13.2 Å². The molecule has 3 aromatic rings. The number of fused-ring (bicyclic) bond motifs is 1. The molecule has 4 nitrogen and oxygen atoms in total. The minimum Gasteiger partial charge on any atom is -0.380 e. The molecule has 130 valence electrons. The van der Waals surface area contributed by atoms with Crippen LogP contribution in [-0.2, 0) is 16.1 Å². The van der Waals surface area contributed by atoms with Gasteiger partial charge in [-0.3, -0.25) is 4.79 Å². The summed E-state index contributed by atoms with van der Waals surface area (Å²) >= 11 is 2.84. The van der Waals surface area contributed by atoms with Crippen molar-refractivity contribution in [1.82, 2.24) is 4.57 Å². The van der Waals surface area contributed by atoms with Gasteiger partial charge in [0, 0.05) is 24.1 Å². The van der Waals surface area contributed by atoms with E-state index in [4.69, 9.17) is 4.74 Å². The summed E-state index contributed by atoms with van der Waals surface area (Å²) in [5.74, 6) is -0.696. The number of para-hydroxylation sites is 1. The van der Waals surface area contributed by atoms with E-state index in [0.29, 0.717) is 30.1 Å². The lowest BCUT2D eigenvalue weighted by atomic mass is 10.3. The Morgan fingerprint density at radius 3 is 3.00 bits per heavy atom. The SMILES string of the molecule is CCOCCn1c(=NC(=O)C=Cc2cccs2)sc2cccc(F)c21. The second kappa shape index (κ2) is 8.33. The molecule has 0 saturated carbocycles. The van der Waals surface area contributed by atoms with Gasteiger partial charge in [-0.15, -0.1) is 11.3 Å². The van der Waals surface area contributed by atoms with Crippen LogP contribution in [0.5, 0.6) is 0 Å². The molecule has 0 radical (unpaired) electrons. The molecule has 25 heavy (non-hydrogen) atoms. The number of ether oxygens (including phenoxy) is 1. The lowest BCUT2D eigenvalue weighted by Crippen LogP contribution is -2.19. The second-order valence-corrected chi connectivity index (χ2v) is 7.11. The average molecular weight is 376 g/mol. The molecular formula is C18H17FN2O2S2. The standard InChI is InChI=1S/C18H17FN2O2S2/c1-2-23-11-10-21-17-14(19)6-3-7-15(17)25-18(21)20-16(22)9-8-13-5-4-12-24-13/h3-9,12H,2,10-11H2,1H3. The molecule has 0 aliphatic heterocycles. The molecule has 1 amide bonds. The largest absolute Gasteiger partial charge is 0.380 e. The highest BCUT2D eigenvalue weighted by molar-refractivity contribution is 7.16. The second-order valence-electron chi connectivity index (χ2n) is 5.12. The zero-order valence-electron chi connectivity index (χ0n) is 13.6. The average Bonchev–Trinajstić information content (AvgIpc) is 3.22. The van der Waals surface area contributed by atoms with Crippen LogP contribution >= 0.6 is 22.7 Å². The Hall–Kier alpha value is -2.09. The molecule has 2 heterocycles. The van der Waals surface area contributed by atoms with Crippen molar-refractivity contribution in [2.24, 2.45) is 4.99 Å². The Morgan fingerprint density at radius 2 is 2.24 bits per heavy atom. The van der Waals surface area contributed by atoms with Crippen LogP contribution < -0.4 is 4.80 Å². The Balaban J connectivity index is 1.97. The third-order valence-corrected chi connectivity index (χ3v) is 5.34. The number of thiophene rings is 1. The molecule has 0 atom stereocenters. The molecule has 3 rings (SSSR count). The van der Waals surface area contributed by atoms with E-state index in [-0.39, 0.29) is 11.7 Å². The summed E-state index contributed by atoms with van der Waals surface area (Å²) in [4.78, 5) is 17.8. The minimum atomic E-state index is -0.370. The van der Waals surface area contributed by atoms with E-state index in [9.17, 15) is 9.18 Å². The van der Waals surface area contributed by atoms with Gasteiger partial charge in [-0.2, -0.15) is 4.99 Å². The number of nitrogens with zero attached hydrogens (tertiary/aromatic N) is 2. The van der Waals surface area contributed by atoms with Gasteiger partial charge in [0.1, 0.15) is 5.82 Å². The summed E-state index contributed by atoms with van der Waals surface area (Å²) in [7, 11) is 0. The van der Waals surface area contributed by atoms with Crippen molar-refractivity contribution in [3.05, 3.63) is 57.3 Å². The highest BCUT2D eigenvalue weighted by Crippen LogP contribution is 2.20. The first-order valence-corrected chi connectivity index (χ1v) is 9.54. The van der Waals surface area contributed by atoms with Crippen molar-refractivity contribution in [3.63, 3.8) is 0 Å². The Bertz CT molecular complexity index is 955. The highest BCUT2D eigenvalue weighted by atomic mass is 32.1. The number of hydrogen-bond donors (Lipinski definition) is 0. The van der Waals surface area contributed by atoms with Crippen LogP contribution in [0.2, 0.25) is 0 Å². The predicted octanol–water partition coefficient (Wildman–Crippen LogP) is 4.08. The van der Waals surface area contributed by atoms with E-state index in [1.165, 1.54) is 23.5 Å². The van der Waals surface area contributed by atoms with Crippen LogP contribution in [0.25, 0.3) is 16.3 Å². The van der Waals surface area contributed by atoms with E-state index < -0.39 is 0 Å². The maximum atomic E-state index is 14.2. The van der Waals surface area contributed by atoms with Crippen LogP contribution in [0.4, 0.5) is 4.39 Å². The normalized spacial score (nSPS) is 12.5. The van der Waals surface area contributed by atoms with Gasteiger partial charge in [0.15, 0.2) is 4.80 Å². The summed E-state index contributed by atoms with van der Waals surface area (Å²) in [6.45, 7) is 3.36. The van der Waals surface area contributed by atoms with Gasteiger partial charge in [0.25, 0.3) is 5.91 Å². The van der Waals surface area contributed by atoms with Gasteiger partial charge >= 0.3 is 0 Å². The number of amides is 1. The lowest BCUT2D eigenvalue weighted by molar-refractivity contribution is -0.113. The smallest absolute Gasteiger partial charge is 0.272 e. The first kappa shape index (κ1) is 17.7. The van der Waals surface area contributed by atoms with Crippen molar-refractivity contribution in [3.8, 4) is 0 Å². The summed E-state index contributed by atoms with van der Waals surface area (Å²) in [6.07, 6.45) is 3.16. The van der Waals surface area contributed by atoms with Gasteiger partial charge in [-0.05, 0) is 36.6 Å². The maximum Gasteiger partial charge on any atom is 0.272 e. The van der Waals surface area contributed by atoms with Crippen LogP contribution in [0.1, 0.15) is 11.8 Å². The Morgan fingerprint density at radius 1 is 1.36 bits per heavy atom. The number of thiazole rings is 1. The van der Waals surface area contributed by atoms with Gasteiger partial charge in [-0.1, -0.05) is 23.5 Å². The lowest BCUT2D eigenvalue weighted by Gasteiger charge is -2.05. The topological polar surface area (TPSA) is 43.6 Å². The van der Waals surface area contributed by atoms with Crippen molar-refractivity contribution in [2.45, 2.75) is 13.5 Å². The molecule has 0 saturated heterocycles. The molecule has 2 aromatic heterocycles. The van der Waals surface area contributed by atoms with Crippen LogP contribution in [0.3, 0.4) is 0 Å². The van der Waals surface area contributed by atoms with Gasteiger partial charge in [0.05, 0.1) is 16.8 Å². The fourth-order valence-electron chi connectivity index (χ4n) is 2.35. The molecule has 0 N–H and O–H groups in total. The van der Waals surface area contributed by atoms with Crippen LogP contribution in [0.15, 0.2) is 46.8 Å². The monoisotopic (exact) mass is 376 g/mol. The molecule has 1 aromatic carbocycles. The van der Waals surface area contributed by atoms with E-state index >= 15 is 0 Å². The van der Waals surface area contributed by atoms with Gasteiger partial charge in [-0.25, -0.2) is 4.39 Å². The molecular weight excluding hydrogens is 359 g/mol. The summed E-state index contributed by atoms with van der Waals surface area (Å²) in [5.41, 5.74) is 0.459. The number of benzene rings is 1. The number of carbonyl (C=O) groups excluding carboxylic acids is 1. The molecule has 0 spiro atoms. The number of halogens is 1. The minimum absolute atomic E-state index is 0.326. The van der Waals surface area contributed by atoms with Crippen molar-refractivity contribution >= 4 is 44.9 Å². The van der Waals surface area contributed by atoms with Crippen molar-refractivity contribution < 1.29 is 13.9 Å². The molecule has 7 heteroatoms. The first-order chi connectivity index (χ1) is 12.2. The fourth-order valence-corrected chi connectivity index (χ4v) is 4.04. The highest BCUT2D eigenvalue weighted by Gasteiger charge is 2.11. The fraction of sp³-hybridized carbons (Fsp3) is 0.222. The summed E-state index contributed by atoms with van der Waals surface area (Å²) < 4.78 is 22.1. The third-order valence-electron chi connectivity index (χ3n) is 3.45. The van der Waals surface area contributed by atoms with E-state index in [2.05, 4.69) is 4.99 Å². The molecule has 0 aliphatic carbocycles. The van der Waals surface area contributed by atoms with E-state index in [1.54, 1.807) is 28.0 Å². The summed E-state index contributed by atoms with van der Waals surface area (Å²) in [5, 5.41) is 1.94. The summed E-state index contributed by atoms with van der Waals surface area (Å²) in [6, 6.07) is 8.73. The molecule has 0 bridgehead atoms. The number of aromatic nitrogens is 1. The molecule has 0 unspecified atom stereocenters. The van der Waals surface area contributed by atoms with E-state index in [1.807, 2.05) is 30.5 Å².